The summed E-state index contributed by atoms with van der Waals surface area (Å²) >= 11 is 0. The predicted octanol–water partition coefficient (Wildman–Crippen LogP) is 1.62. The summed E-state index contributed by atoms with van der Waals surface area (Å²) < 4.78 is 18.7. The van der Waals surface area contributed by atoms with Crippen molar-refractivity contribution in [2.75, 3.05) is 23.8 Å². The Morgan fingerprint density at radius 1 is 1.32 bits per heavy atom. The molecule has 1 aliphatic rings. The predicted molar refractivity (Wildman–Crippen MR) is 80.9 cm³/mol. The summed E-state index contributed by atoms with van der Waals surface area (Å²) in [7, 11) is 0. The van der Waals surface area contributed by atoms with Crippen molar-refractivity contribution in [1.29, 1.82) is 0 Å². The summed E-state index contributed by atoms with van der Waals surface area (Å²) in [5, 5.41) is 5.26. The third-order valence-corrected chi connectivity index (χ3v) is 3.34. The number of carbonyl (C=O) groups excluding carboxylic acids is 2. The molecule has 0 spiro atoms. The van der Waals surface area contributed by atoms with Gasteiger partial charge in [0.15, 0.2) is 0 Å². The number of ether oxygens (including phenoxy) is 1. The molecule has 0 aliphatic carbocycles. The molecule has 1 saturated heterocycles. The van der Waals surface area contributed by atoms with Crippen LogP contribution in [0.2, 0.25) is 0 Å². The van der Waals surface area contributed by atoms with Gasteiger partial charge in [0.05, 0.1) is 11.4 Å². The van der Waals surface area contributed by atoms with E-state index >= 15 is 0 Å². The zero-order chi connectivity index (χ0) is 15.9. The zero-order valence-electron chi connectivity index (χ0n) is 12.2. The van der Waals surface area contributed by atoms with E-state index in [-0.39, 0.29) is 23.9 Å². The van der Waals surface area contributed by atoms with Crippen molar-refractivity contribution in [3.05, 3.63) is 24.0 Å². The number of hydrogen-bond acceptors (Lipinski definition) is 4. The van der Waals surface area contributed by atoms with Crippen LogP contribution in [0.5, 0.6) is 0 Å². The maximum atomic E-state index is 13.4. The van der Waals surface area contributed by atoms with Crippen LogP contribution in [0.15, 0.2) is 18.2 Å². The number of benzene rings is 1. The molecule has 7 heteroatoms. The Labute approximate surface area is 128 Å². The highest BCUT2D eigenvalue weighted by atomic mass is 19.1. The van der Waals surface area contributed by atoms with E-state index in [0.29, 0.717) is 31.7 Å². The SMILES string of the molecule is NCCCC(=O)Nc1cc(F)ccc1NC(=O)C1CCCO1. The summed E-state index contributed by atoms with van der Waals surface area (Å²) in [6.07, 6.45) is 1.78. The number of hydrogen-bond donors (Lipinski definition) is 3. The van der Waals surface area contributed by atoms with Crippen molar-refractivity contribution in [3.63, 3.8) is 0 Å². The molecule has 0 saturated carbocycles. The van der Waals surface area contributed by atoms with E-state index in [4.69, 9.17) is 10.5 Å². The molecule has 1 heterocycles. The minimum absolute atomic E-state index is 0.230. The van der Waals surface area contributed by atoms with Gasteiger partial charge >= 0.3 is 0 Å². The molecular formula is C15H20FN3O3. The maximum absolute atomic E-state index is 13.4. The molecule has 1 aromatic rings. The van der Waals surface area contributed by atoms with E-state index in [0.717, 1.165) is 6.42 Å². The molecule has 1 unspecified atom stereocenters. The Morgan fingerprint density at radius 3 is 2.82 bits per heavy atom. The van der Waals surface area contributed by atoms with Crippen LogP contribution < -0.4 is 16.4 Å². The fourth-order valence-electron chi connectivity index (χ4n) is 2.20. The van der Waals surface area contributed by atoms with Gasteiger partial charge in [0.2, 0.25) is 5.91 Å². The number of anilines is 2. The second-order valence-electron chi connectivity index (χ2n) is 5.12. The van der Waals surface area contributed by atoms with E-state index in [2.05, 4.69) is 10.6 Å². The van der Waals surface area contributed by atoms with Crippen LogP contribution in [-0.4, -0.2) is 31.1 Å². The summed E-state index contributed by atoms with van der Waals surface area (Å²) in [5.74, 6) is -1.06. The van der Waals surface area contributed by atoms with Crippen LogP contribution in [0, 0.1) is 5.82 Å². The van der Waals surface area contributed by atoms with Gasteiger partial charge in [-0.05, 0) is 44.0 Å². The van der Waals surface area contributed by atoms with Crippen molar-refractivity contribution in [3.8, 4) is 0 Å². The molecule has 1 atom stereocenters. The van der Waals surface area contributed by atoms with Crippen LogP contribution >= 0.6 is 0 Å². The number of halogens is 1. The highest BCUT2D eigenvalue weighted by Crippen LogP contribution is 2.24. The first-order chi connectivity index (χ1) is 10.6. The highest BCUT2D eigenvalue weighted by Gasteiger charge is 2.24. The fraction of sp³-hybridized carbons (Fsp3) is 0.467. The average molecular weight is 309 g/mol. The van der Waals surface area contributed by atoms with Crippen LogP contribution in [0.3, 0.4) is 0 Å². The minimum atomic E-state index is -0.496. The number of amides is 2. The molecule has 1 aliphatic heterocycles. The maximum Gasteiger partial charge on any atom is 0.253 e. The van der Waals surface area contributed by atoms with Crippen LogP contribution in [0.4, 0.5) is 15.8 Å². The van der Waals surface area contributed by atoms with Gasteiger partial charge in [-0.15, -0.1) is 0 Å². The lowest BCUT2D eigenvalue weighted by Gasteiger charge is -2.15. The number of rotatable bonds is 6. The molecule has 2 amide bonds. The molecule has 2 rings (SSSR count). The number of nitrogens with two attached hydrogens (primary N) is 1. The Bertz CT molecular complexity index is 545. The van der Waals surface area contributed by atoms with Gasteiger partial charge < -0.3 is 21.1 Å². The van der Waals surface area contributed by atoms with Crippen molar-refractivity contribution in [1.82, 2.24) is 0 Å². The van der Waals surface area contributed by atoms with Gasteiger partial charge in [-0.2, -0.15) is 0 Å². The third kappa shape index (κ3) is 4.51. The molecule has 6 nitrogen and oxygen atoms in total. The number of nitrogens with one attached hydrogen (secondary N) is 2. The van der Waals surface area contributed by atoms with Crippen molar-refractivity contribution < 1.29 is 18.7 Å². The smallest absolute Gasteiger partial charge is 0.253 e. The Morgan fingerprint density at radius 2 is 2.14 bits per heavy atom. The molecular weight excluding hydrogens is 289 g/mol. The Hall–Kier alpha value is -1.99. The lowest BCUT2D eigenvalue weighted by Crippen LogP contribution is -2.27. The van der Waals surface area contributed by atoms with Crippen LogP contribution in [0.25, 0.3) is 0 Å². The van der Waals surface area contributed by atoms with E-state index in [9.17, 15) is 14.0 Å². The van der Waals surface area contributed by atoms with E-state index in [1.165, 1.54) is 18.2 Å². The third-order valence-electron chi connectivity index (χ3n) is 3.34. The molecule has 0 bridgehead atoms. The number of carbonyl (C=O) groups is 2. The van der Waals surface area contributed by atoms with E-state index < -0.39 is 11.9 Å². The molecule has 0 radical (unpaired) electrons. The molecule has 120 valence electrons. The summed E-state index contributed by atoms with van der Waals surface area (Å²) in [4.78, 5) is 23.8. The molecule has 1 fully saturated rings. The normalized spacial score (nSPS) is 17.3. The monoisotopic (exact) mass is 309 g/mol. The van der Waals surface area contributed by atoms with Crippen LogP contribution in [-0.2, 0) is 14.3 Å². The van der Waals surface area contributed by atoms with Gasteiger partial charge in [0, 0.05) is 13.0 Å². The first-order valence-electron chi connectivity index (χ1n) is 7.32. The quantitative estimate of drug-likeness (QED) is 0.744. The van der Waals surface area contributed by atoms with Gasteiger partial charge in [-0.1, -0.05) is 0 Å². The summed E-state index contributed by atoms with van der Waals surface area (Å²) in [6.45, 7) is 0.962. The van der Waals surface area contributed by atoms with Gasteiger partial charge in [-0.3, -0.25) is 9.59 Å². The van der Waals surface area contributed by atoms with E-state index in [1.807, 2.05) is 0 Å². The van der Waals surface area contributed by atoms with Gasteiger partial charge in [0.1, 0.15) is 11.9 Å². The van der Waals surface area contributed by atoms with Gasteiger partial charge in [0.25, 0.3) is 5.91 Å². The van der Waals surface area contributed by atoms with E-state index in [1.54, 1.807) is 0 Å². The fourth-order valence-corrected chi connectivity index (χ4v) is 2.20. The molecule has 22 heavy (non-hydrogen) atoms. The Balaban J connectivity index is 2.06. The first kappa shape index (κ1) is 16.4. The lowest BCUT2D eigenvalue weighted by atomic mass is 10.2. The lowest BCUT2D eigenvalue weighted by molar-refractivity contribution is -0.124. The molecule has 4 N–H and O–H groups in total. The van der Waals surface area contributed by atoms with Crippen LogP contribution in [0.1, 0.15) is 25.7 Å². The average Bonchev–Trinajstić information content (AvgIpc) is 3.02. The topological polar surface area (TPSA) is 93.5 Å². The molecule has 1 aromatic carbocycles. The second kappa shape index (κ2) is 7.86. The Kier molecular flexibility index (Phi) is 5.85. The van der Waals surface area contributed by atoms with Gasteiger partial charge in [-0.25, -0.2) is 4.39 Å². The van der Waals surface area contributed by atoms with Crippen molar-refractivity contribution in [2.24, 2.45) is 5.73 Å². The van der Waals surface area contributed by atoms with Crippen molar-refractivity contribution in [2.45, 2.75) is 31.8 Å². The first-order valence-corrected chi connectivity index (χ1v) is 7.32. The summed E-state index contributed by atoms with van der Waals surface area (Å²) in [5.41, 5.74) is 5.93. The zero-order valence-corrected chi connectivity index (χ0v) is 12.2. The summed E-state index contributed by atoms with van der Waals surface area (Å²) in [6, 6.07) is 3.81. The molecule has 0 aromatic heterocycles. The standard InChI is InChI=1S/C15H20FN3O3/c16-10-5-6-11(19-15(21)13-3-2-8-22-13)12(9-10)18-14(20)4-1-7-17/h5-6,9,13H,1-4,7-8,17H2,(H,18,20)(H,19,21). The highest BCUT2D eigenvalue weighted by molar-refractivity contribution is 6.01. The van der Waals surface area contributed by atoms with Crippen molar-refractivity contribution >= 4 is 23.2 Å². The minimum Gasteiger partial charge on any atom is -0.368 e. The second-order valence-corrected chi connectivity index (χ2v) is 5.12. The largest absolute Gasteiger partial charge is 0.368 e.